The van der Waals surface area contributed by atoms with Crippen LogP contribution in [-0.4, -0.2) is 17.6 Å². The number of aromatic amines is 1. The highest BCUT2D eigenvalue weighted by molar-refractivity contribution is 7.17. The number of hydrogen-bond donors (Lipinski definition) is 1. The van der Waals surface area contributed by atoms with Crippen LogP contribution in [0.5, 0.6) is 0 Å². The van der Waals surface area contributed by atoms with Crippen LogP contribution in [0.1, 0.15) is 22.8 Å². The van der Waals surface area contributed by atoms with Crippen molar-refractivity contribution in [1.29, 1.82) is 0 Å². The molecule has 0 bridgehead atoms. The molecule has 1 N–H and O–H groups in total. The molecule has 0 radical (unpaired) electrons. The summed E-state index contributed by atoms with van der Waals surface area (Å²) in [4.78, 5) is 25.8. The first-order valence-electron chi connectivity index (χ1n) is 4.91. The fraction of sp³-hybridized carbons (Fsp3) is 0.273. The number of thiophene rings is 1. The van der Waals surface area contributed by atoms with E-state index in [2.05, 4.69) is 4.98 Å². The van der Waals surface area contributed by atoms with Gasteiger partial charge >= 0.3 is 5.97 Å². The van der Waals surface area contributed by atoms with Crippen molar-refractivity contribution < 1.29 is 9.53 Å². The summed E-state index contributed by atoms with van der Waals surface area (Å²) >= 11 is 1.49. The number of H-pyrrole nitrogens is 1. The van der Waals surface area contributed by atoms with Crippen molar-refractivity contribution >= 4 is 27.5 Å². The Balaban J connectivity index is 2.59. The second-order valence-electron chi connectivity index (χ2n) is 3.39. The highest BCUT2D eigenvalue weighted by Gasteiger charge is 2.13. The van der Waals surface area contributed by atoms with E-state index >= 15 is 0 Å². The van der Waals surface area contributed by atoms with Gasteiger partial charge in [-0.2, -0.15) is 0 Å². The van der Waals surface area contributed by atoms with E-state index < -0.39 is 11.5 Å². The fourth-order valence-electron chi connectivity index (χ4n) is 1.47. The molecule has 0 aliphatic heterocycles. The van der Waals surface area contributed by atoms with E-state index in [9.17, 15) is 9.59 Å². The van der Waals surface area contributed by atoms with Crippen molar-refractivity contribution in [3.05, 3.63) is 32.9 Å². The second kappa shape index (κ2) is 4.09. The van der Waals surface area contributed by atoms with E-state index in [4.69, 9.17) is 4.74 Å². The zero-order valence-electron chi connectivity index (χ0n) is 8.99. The first kappa shape index (κ1) is 10.9. The zero-order chi connectivity index (χ0) is 11.7. The molecule has 0 unspecified atom stereocenters. The van der Waals surface area contributed by atoms with Gasteiger partial charge in [-0.1, -0.05) is 0 Å². The Kier molecular flexibility index (Phi) is 2.78. The van der Waals surface area contributed by atoms with Gasteiger partial charge in [0.15, 0.2) is 0 Å². The van der Waals surface area contributed by atoms with Gasteiger partial charge in [0, 0.05) is 0 Å². The maximum atomic E-state index is 11.6. The molecular weight excluding hydrogens is 226 g/mol. The summed E-state index contributed by atoms with van der Waals surface area (Å²) in [6.07, 6.45) is 0. The predicted octanol–water partition coefficient (Wildman–Crippen LogP) is 2.07. The first-order chi connectivity index (χ1) is 7.63. The molecule has 16 heavy (non-hydrogen) atoms. The summed E-state index contributed by atoms with van der Waals surface area (Å²) < 4.78 is 5.70. The minimum atomic E-state index is -0.572. The molecule has 2 aromatic heterocycles. The van der Waals surface area contributed by atoms with Crippen molar-refractivity contribution in [3.8, 4) is 0 Å². The second-order valence-corrected chi connectivity index (χ2v) is 4.30. The lowest BCUT2D eigenvalue weighted by molar-refractivity contribution is 0.0524. The van der Waals surface area contributed by atoms with E-state index in [1.165, 1.54) is 11.3 Å². The van der Waals surface area contributed by atoms with Crippen molar-refractivity contribution in [3.63, 3.8) is 0 Å². The molecular formula is C11H11NO3S. The van der Waals surface area contributed by atoms with Crippen LogP contribution in [0, 0.1) is 6.92 Å². The molecule has 0 aromatic carbocycles. The van der Waals surface area contributed by atoms with E-state index in [1.807, 2.05) is 12.3 Å². The van der Waals surface area contributed by atoms with Crippen LogP contribution < -0.4 is 5.56 Å². The van der Waals surface area contributed by atoms with E-state index in [0.29, 0.717) is 0 Å². The van der Waals surface area contributed by atoms with Gasteiger partial charge in [-0.15, -0.1) is 11.3 Å². The Labute approximate surface area is 95.9 Å². The van der Waals surface area contributed by atoms with E-state index in [0.717, 1.165) is 15.8 Å². The van der Waals surface area contributed by atoms with Crippen LogP contribution in [0.25, 0.3) is 10.2 Å². The molecule has 0 fully saturated rings. The van der Waals surface area contributed by atoms with Gasteiger partial charge in [-0.3, -0.25) is 4.79 Å². The van der Waals surface area contributed by atoms with Gasteiger partial charge < -0.3 is 9.72 Å². The lowest BCUT2D eigenvalue weighted by Crippen LogP contribution is -2.19. The first-order valence-corrected chi connectivity index (χ1v) is 5.79. The molecule has 0 atom stereocenters. The third-order valence-corrected chi connectivity index (χ3v) is 3.30. The van der Waals surface area contributed by atoms with Crippen molar-refractivity contribution in [2.45, 2.75) is 13.8 Å². The number of hydrogen-bond acceptors (Lipinski definition) is 4. The highest BCUT2D eigenvalue weighted by Crippen LogP contribution is 2.22. The summed E-state index contributed by atoms with van der Waals surface area (Å²) in [6.45, 7) is 3.89. The summed E-state index contributed by atoms with van der Waals surface area (Å²) in [6, 6.07) is 1.59. The number of carbonyl (C=O) groups excluding carboxylic acids is 1. The lowest BCUT2D eigenvalue weighted by Gasteiger charge is -2.00. The Morgan fingerprint density at radius 1 is 1.56 bits per heavy atom. The summed E-state index contributed by atoms with van der Waals surface area (Å²) in [5.74, 6) is -0.572. The Hall–Kier alpha value is -1.62. The molecule has 4 nitrogen and oxygen atoms in total. The SMILES string of the molecule is CCOC(=O)c1cc2scc(C)c2[nH]c1=O. The maximum Gasteiger partial charge on any atom is 0.343 e. The molecule has 0 spiro atoms. The fourth-order valence-corrected chi connectivity index (χ4v) is 2.41. The average molecular weight is 237 g/mol. The number of nitrogens with one attached hydrogen (secondary N) is 1. The number of esters is 1. The van der Waals surface area contributed by atoms with Crippen molar-refractivity contribution in [1.82, 2.24) is 4.98 Å². The molecule has 0 saturated heterocycles. The minimum Gasteiger partial charge on any atom is -0.462 e. The summed E-state index contributed by atoms with van der Waals surface area (Å²) in [7, 11) is 0. The van der Waals surface area contributed by atoms with Crippen molar-refractivity contribution in [2.24, 2.45) is 0 Å². The maximum absolute atomic E-state index is 11.6. The Bertz CT molecular complexity index is 597. The molecule has 0 amide bonds. The molecule has 0 aliphatic rings. The minimum absolute atomic E-state index is 0.0659. The van der Waals surface area contributed by atoms with Crippen molar-refractivity contribution in [2.75, 3.05) is 6.61 Å². The van der Waals surface area contributed by atoms with E-state index in [-0.39, 0.29) is 12.2 Å². The number of aryl methyl sites for hydroxylation is 1. The van der Waals surface area contributed by atoms with Crippen LogP contribution in [-0.2, 0) is 4.74 Å². The molecule has 84 valence electrons. The molecule has 2 rings (SSSR count). The smallest absolute Gasteiger partial charge is 0.343 e. The molecule has 0 saturated carbocycles. The highest BCUT2D eigenvalue weighted by atomic mass is 32.1. The van der Waals surface area contributed by atoms with Crippen LogP contribution in [0.2, 0.25) is 0 Å². The van der Waals surface area contributed by atoms with Gasteiger partial charge in [0.05, 0.1) is 16.8 Å². The number of aromatic nitrogens is 1. The Morgan fingerprint density at radius 2 is 2.31 bits per heavy atom. The number of carbonyl (C=O) groups is 1. The third-order valence-electron chi connectivity index (χ3n) is 2.26. The third kappa shape index (κ3) is 1.74. The van der Waals surface area contributed by atoms with Crippen LogP contribution in [0.4, 0.5) is 0 Å². The molecule has 5 heteroatoms. The number of pyridine rings is 1. The Morgan fingerprint density at radius 3 is 3.00 bits per heavy atom. The quantitative estimate of drug-likeness (QED) is 0.813. The van der Waals surface area contributed by atoms with Gasteiger partial charge in [0.25, 0.3) is 5.56 Å². The number of fused-ring (bicyclic) bond motifs is 1. The van der Waals surface area contributed by atoms with Crippen LogP contribution in [0.3, 0.4) is 0 Å². The average Bonchev–Trinajstić information content (AvgIpc) is 2.59. The standard InChI is InChI=1S/C11H11NO3S/c1-3-15-11(14)7-4-8-9(12-10(7)13)6(2)5-16-8/h4-5H,3H2,1-2H3,(H,12,13). The topological polar surface area (TPSA) is 59.2 Å². The van der Waals surface area contributed by atoms with Gasteiger partial charge in [0.2, 0.25) is 0 Å². The number of rotatable bonds is 2. The monoisotopic (exact) mass is 237 g/mol. The molecule has 0 aliphatic carbocycles. The normalized spacial score (nSPS) is 10.6. The zero-order valence-corrected chi connectivity index (χ0v) is 9.81. The van der Waals surface area contributed by atoms with Gasteiger partial charge in [-0.25, -0.2) is 4.79 Å². The lowest BCUT2D eigenvalue weighted by atomic mass is 10.2. The predicted molar refractivity (Wildman–Crippen MR) is 63.1 cm³/mol. The largest absolute Gasteiger partial charge is 0.462 e. The van der Waals surface area contributed by atoms with Gasteiger partial charge in [0.1, 0.15) is 5.56 Å². The number of ether oxygens (including phenoxy) is 1. The van der Waals surface area contributed by atoms with Crippen LogP contribution in [0.15, 0.2) is 16.2 Å². The molecule has 2 aromatic rings. The van der Waals surface area contributed by atoms with E-state index in [1.54, 1.807) is 13.0 Å². The van der Waals surface area contributed by atoms with Crippen LogP contribution >= 0.6 is 11.3 Å². The molecule has 2 heterocycles. The van der Waals surface area contributed by atoms with Gasteiger partial charge in [-0.05, 0) is 30.9 Å². The summed E-state index contributed by atoms with van der Waals surface area (Å²) in [5, 5.41) is 1.94. The summed E-state index contributed by atoms with van der Waals surface area (Å²) in [5.41, 5.74) is 1.47.